The molecule has 0 saturated heterocycles. The zero-order valence-electron chi connectivity index (χ0n) is 51.2. The van der Waals surface area contributed by atoms with Crippen LogP contribution in [0.25, 0.3) is 110 Å². The summed E-state index contributed by atoms with van der Waals surface area (Å²) in [5.74, 6) is 0. The molecule has 2 aromatic heterocycles. The second-order valence-corrected chi connectivity index (χ2v) is 25.6. The Morgan fingerprint density at radius 2 is 0.747 bits per heavy atom. The van der Waals surface area contributed by atoms with Crippen LogP contribution in [0, 0.1) is 0 Å². The van der Waals surface area contributed by atoms with Crippen molar-refractivity contribution in [3.63, 3.8) is 0 Å². The third kappa shape index (κ3) is 9.67. The fourth-order valence-electron chi connectivity index (χ4n) is 14.5. The molecule has 0 N–H and O–H groups in total. The van der Waals surface area contributed by atoms with E-state index in [0.29, 0.717) is 5.02 Å². The van der Waals surface area contributed by atoms with Crippen molar-refractivity contribution >= 4 is 94.1 Å². The van der Waals surface area contributed by atoms with Gasteiger partial charge in [0.2, 0.25) is 0 Å². The van der Waals surface area contributed by atoms with Gasteiger partial charge in [0.25, 0.3) is 0 Å². The molecule has 4 heteroatoms. The minimum atomic E-state index is -0.102. The van der Waals surface area contributed by atoms with Gasteiger partial charge in [-0.25, -0.2) is 0 Å². The smallest absolute Gasteiger partial charge is 0.159 e. The lowest BCUT2D eigenvalue weighted by atomic mass is 9.81. The third-order valence-corrected chi connectivity index (χ3v) is 19.4. The van der Waals surface area contributed by atoms with Gasteiger partial charge in [0.05, 0.1) is 10.7 Å². The number of hydrogen-bond acceptors (Lipinski definition) is 3. The van der Waals surface area contributed by atoms with E-state index in [1.807, 2.05) is 30.3 Å². The number of halogens is 1. The van der Waals surface area contributed by atoms with Crippen LogP contribution >= 0.6 is 11.6 Å². The van der Waals surface area contributed by atoms with Gasteiger partial charge in [-0.15, -0.1) is 0 Å². The number of furan rings is 2. The van der Waals surface area contributed by atoms with Crippen molar-refractivity contribution in [2.45, 2.75) is 44.9 Å². The molecule has 0 fully saturated rings. The van der Waals surface area contributed by atoms with Crippen molar-refractivity contribution in [3.8, 4) is 44.5 Å². The van der Waals surface area contributed by atoms with Crippen molar-refractivity contribution in [3.05, 3.63) is 342 Å². The van der Waals surface area contributed by atoms with Gasteiger partial charge in [-0.05, 0) is 154 Å². The predicted octanol–water partition coefficient (Wildman–Crippen LogP) is 24.8. The Hall–Kier alpha value is -10.7. The molecule has 0 bridgehead atoms. The lowest BCUT2D eigenvalue weighted by Gasteiger charge is -2.28. The molecule has 0 atom stereocenters. The molecule has 2 aliphatic carbocycles. The van der Waals surface area contributed by atoms with Gasteiger partial charge < -0.3 is 13.7 Å². The molecule has 0 spiro atoms. The van der Waals surface area contributed by atoms with E-state index in [-0.39, 0.29) is 10.8 Å². The van der Waals surface area contributed by atoms with Crippen molar-refractivity contribution < 1.29 is 8.83 Å². The SMILES string of the molecule is CC1(C)c2ccccc2-c2ccc(Cc3ccc(-c4ccccc4)cc3)cc21.CC1(C)c2ccccc2-c2ccc(N(c3ccc(-c4ccccc4)cc3)c3cccc4c3oc3ccc5ccccc5c34)cc21.Clc1cccc2c1oc1ccc3ccccc3c12. The Bertz CT molecular complexity index is 5440. The number of anilines is 3. The van der Waals surface area contributed by atoms with Gasteiger partial charge in [-0.2, -0.15) is 0 Å². The summed E-state index contributed by atoms with van der Waals surface area (Å²) >= 11 is 6.19. The van der Waals surface area contributed by atoms with Crippen molar-refractivity contribution in [2.24, 2.45) is 0 Å². The molecule has 0 unspecified atom stereocenters. The monoisotopic (exact) mass is 1190 g/mol. The molecule has 436 valence electrons. The molecule has 0 aliphatic heterocycles. The first-order valence-electron chi connectivity index (χ1n) is 31.4. The zero-order valence-corrected chi connectivity index (χ0v) is 52.0. The number of hydrogen-bond donors (Lipinski definition) is 0. The number of rotatable bonds is 7. The second-order valence-electron chi connectivity index (χ2n) is 25.2. The van der Waals surface area contributed by atoms with Gasteiger partial charge in [0.15, 0.2) is 11.2 Å². The van der Waals surface area contributed by atoms with Crippen LogP contribution < -0.4 is 4.90 Å². The fraction of sp³-hybridized carbons (Fsp3) is 0.0805. The topological polar surface area (TPSA) is 29.5 Å². The molecule has 16 aromatic rings. The Kier molecular flexibility index (Phi) is 13.7. The van der Waals surface area contributed by atoms with Gasteiger partial charge >= 0.3 is 0 Å². The molecule has 0 saturated carbocycles. The van der Waals surface area contributed by atoms with E-state index >= 15 is 0 Å². The molecule has 2 aliphatic rings. The van der Waals surface area contributed by atoms with Crippen LogP contribution in [0.3, 0.4) is 0 Å². The molecular formula is C87H64ClNO2. The quantitative estimate of drug-likeness (QED) is 0.159. The Morgan fingerprint density at radius 3 is 1.34 bits per heavy atom. The minimum absolute atomic E-state index is 0.0686. The van der Waals surface area contributed by atoms with Crippen LogP contribution in [-0.2, 0) is 17.3 Å². The number of para-hydroxylation sites is 2. The van der Waals surface area contributed by atoms with Crippen LogP contribution in [0.5, 0.6) is 0 Å². The van der Waals surface area contributed by atoms with E-state index in [4.69, 9.17) is 20.4 Å². The second kappa shape index (κ2) is 22.4. The van der Waals surface area contributed by atoms with Gasteiger partial charge in [0.1, 0.15) is 11.2 Å². The molecule has 0 amide bonds. The molecule has 18 rings (SSSR count). The summed E-state index contributed by atoms with van der Waals surface area (Å²) in [6.45, 7) is 9.36. The minimum Gasteiger partial charge on any atom is -0.454 e. The highest BCUT2D eigenvalue weighted by molar-refractivity contribution is 6.36. The number of benzene rings is 14. The molecule has 2 heterocycles. The summed E-state index contributed by atoms with van der Waals surface area (Å²) in [6.07, 6.45) is 0.967. The first kappa shape index (κ1) is 55.6. The van der Waals surface area contributed by atoms with Crippen LogP contribution in [0.2, 0.25) is 5.02 Å². The van der Waals surface area contributed by atoms with Crippen molar-refractivity contribution in [2.75, 3.05) is 4.90 Å². The number of nitrogens with zero attached hydrogens (tertiary/aromatic N) is 1. The third-order valence-electron chi connectivity index (χ3n) is 19.1. The molecule has 91 heavy (non-hydrogen) atoms. The van der Waals surface area contributed by atoms with E-state index < -0.39 is 0 Å². The Labute approximate surface area is 535 Å². The molecule has 0 radical (unpaired) electrons. The van der Waals surface area contributed by atoms with Gasteiger partial charge in [0, 0.05) is 43.7 Å². The van der Waals surface area contributed by atoms with E-state index in [1.165, 1.54) is 99.4 Å². The van der Waals surface area contributed by atoms with Crippen molar-refractivity contribution in [1.82, 2.24) is 0 Å². The van der Waals surface area contributed by atoms with E-state index in [1.54, 1.807) is 0 Å². The highest BCUT2D eigenvalue weighted by Gasteiger charge is 2.37. The van der Waals surface area contributed by atoms with Gasteiger partial charge in [-0.1, -0.05) is 294 Å². The van der Waals surface area contributed by atoms with Crippen LogP contribution in [0.15, 0.2) is 312 Å². The zero-order chi connectivity index (χ0) is 61.4. The van der Waals surface area contributed by atoms with E-state index in [2.05, 4.69) is 306 Å². The summed E-state index contributed by atoms with van der Waals surface area (Å²) in [6, 6.07) is 108. The summed E-state index contributed by atoms with van der Waals surface area (Å²) in [5, 5.41) is 10.0. The summed E-state index contributed by atoms with van der Waals surface area (Å²) < 4.78 is 12.6. The largest absolute Gasteiger partial charge is 0.454 e. The number of fused-ring (bicyclic) bond motifs is 16. The van der Waals surface area contributed by atoms with E-state index in [9.17, 15) is 0 Å². The van der Waals surface area contributed by atoms with E-state index in [0.717, 1.165) is 67.4 Å². The lowest BCUT2D eigenvalue weighted by Crippen LogP contribution is -2.16. The Morgan fingerprint density at radius 1 is 0.319 bits per heavy atom. The summed E-state index contributed by atoms with van der Waals surface area (Å²) in [5.41, 5.74) is 25.3. The average molecular weight is 1190 g/mol. The van der Waals surface area contributed by atoms with Crippen LogP contribution in [-0.4, -0.2) is 0 Å². The molecule has 14 aromatic carbocycles. The maximum Gasteiger partial charge on any atom is 0.159 e. The lowest BCUT2D eigenvalue weighted by molar-refractivity contribution is 0.659. The molecule has 3 nitrogen and oxygen atoms in total. The van der Waals surface area contributed by atoms with Crippen LogP contribution in [0.1, 0.15) is 61.1 Å². The summed E-state index contributed by atoms with van der Waals surface area (Å²) in [4.78, 5) is 2.36. The molecular weight excluding hydrogens is 1130 g/mol. The van der Waals surface area contributed by atoms with Crippen LogP contribution in [0.4, 0.5) is 17.1 Å². The first-order chi connectivity index (χ1) is 44.5. The van der Waals surface area contributed by atoms with Crippen molar-refractivity contribution in [1.29, 1.82) is 0 Å². The highest BCUT2D eigenvalue weighted by Crippen LogP contribution is 2.53. The first-order valence-corrected chi connectivity index (χ1v) is 31.8. The highest BCUT2D eigenvalue weighted by atomic mass is 35.5. The predicted molar refractivity (Wildman–Crippen MR) is 384 cm³/mol. The normalized spacial score (nSPS) is 13.1. The fourth-order valence-corrected chi connectivity index (χ4v) is 14.7. The van der Waals surface area contributed by atoms with Gasteiger partial charge in [-0.3, -0.25) is 0 Å². The standard InChI is InChI=1S/C43H31NO.C28H24.C16H9ClO/c1-43(2)37-17-9-8-15-34(37)35-25-24-32(27-38(35)43)44(31-22-19-29(20-23-31)28-11-4-3-5-12-28)39-18-10-16-36-41-33-14-7-6-13-30(33)21-26-40(41)45-42(36)39;1-28(2)26-11-7-6-10-24(26)25-17-14-21(19-27(25)28)18-20-12-15-23(16-13-20)22-8-4-3-5-9-22;17-13-7-3-6-12-15-11-5-2-1-4-10(11)8-9-14(15)18-16(12)13/h3-27H,1-2H3;3-17,19H,18H2,1-2H3;1-9H. The summed E-state index contributed by atoms with van der Waals surface area (Å²) in [7, 11) is 0. The average Bonchev–Trinajstić information content (AvgIpc) is 1.63. The Balaban J connectivity index is 0.000000121. The maximum absolute atomic E-state index is 6.75. The maximum atomic E-state index is 6.75.